The lowest BCUT2D eigenvalue weighted by Gasteiger charge is -2.36. The number of likely N-dealkylation sites (N-methyl/N-ethyl adjacent to an activating group) is 1. The molecule has 0 aliphatic heterocycles. The maximum atomic E-state index is 13.6. The summed E-state index contributed by atoms with van der Waals surface area (Å²) in [6, 6.07) is 3.15. The van der Waals surface area contributed by atoms with Crippen molar-refractivity contribution in [3.05, 3.63) is 35.4 Å². The summed E-state index contributed by atoms with van der Waals surface area (Å²) in [5, 5.41) is 0. The first-order chi connectivity index (χ1) is 8.62. The first-order valence-electron chi connectivity index (χ1n) is 6.53. The lowest BCUT2D eigenvalue weighted by molar-refractivity contribution is 0.134. The minimum atomic E-state index is -0.537. The van der Waals surface area contributed by atoms with E-state index < -0.39 is 17.7 Å². The van der Waals surface area contributed by atoms with Crippen LogP contribution < -0.4 is 5.73 Å². The quantitative estimate of drug-likeness (QED) is 0.909. The molecule has 0 amide bonds. The van der Waals surface area contributed by atoms with Gasteiger partial charge in [0.15, 0.2) is 0 Å². The summed E-state index contributed by atoms with van der Waals surface area (Å²) in [6.45, 7) is 9.01. The molecule has 1 aromatic carbocycles. The van der Waals surface area contributed by atoms with E-state index in [-0.39, 0.29) is 17.0 Å². The summed E-state index contributed by atoms with van der Waals surface area (Å²) in [6.07, 6.45) is 0. The predicted molar refractivity (Wildman–Crippen MR) is 74.8 cm³/mol. The van der Waals surface area contributed by atoms with Crippen LogP contribution in [-0.2, 0) is 0 Å². The molecule has 2 N–H and O–H groups in total. The second-order valence-corrected chi connectivity index (χ2v) is 6.25. The van der Waals surface area contributed by atoms with Crippen molar-refractivity contribution in [2.24, 2.45) is 11.1 Å². The normalized spacial score (nSPS) is 15.6. The van der Waals surface area contributed by atoms with E-state index in [9.17, 15) is 8.78 Å². The second kappa shape index (κ2) is 5.97. The third kappa shape index (κ3) is 4.25. The number of nitrogens with two attached hydrogens (primary N) is 1. The van der Waals surface area contributed by atoms with E-state index in [1.165, 1.54) is 6.07 Å². The van der Waals surface area contributed by atoms with Crippen molar-refractivity contribution in [3.8, 4) is 0 Å². The van der Waals surface area contributed by atoms with Crippen LogP contribution in [0.5, 0.6) is 0 Å². The van der Waals surface area contributed by atoms with Crippen LogP contribution in [0.1, 0.15) is 39.3 Å². The average Bonchev–Trinajstić information content (AvgIpc) is 2.29. The molecule has 0 heterocycles. The lowest BCUT2D eigenvalue weighted by Crippen LogP contribution is -2.42. The van der Waals surface area contributed by atoms with Crippen molar-refractivity contribution in [2.45, 2.75) is 39.8 Å². The van der Waals surface area contributed by atoms with Gasteiger partial charge in [-0.15, -0.1) is 0 Å². The van der Waals surface area contributed by atoms with Crippen LogP contribution >= 0.6 is 0 Å². The third-order valence-corrected chi connectivity index (χ3v) is 3.76. The molecule has 0 spiro atoms. The highest BCUT2D eigenvalue weighted by atomic mass is 19.1. The van der Waals surface area contributed by atoms with Crippen LogP contribution in [0.4, 0.5) is 8.78 Å². The monoisotopic (exact) mass is 270 g/mol. The van der Waals surface area contributed by atoms with Gasteiger partial charge in [0.25, 0.3) is 0 Å². The van der Waals surface area contributed by atoms with Gasteiger partial charge in [0.1, 0.15) is 11.6 Å². The fraction of sp³-hybridized carbons (Fsp3) is 0.600. The van der Waals surface area contributed by atoms with Crippen molar-refractivity contribution < 1.29 is 8.78 Å². The van der Waals surface area contributed by atoms with Gasteiger partial charge in [-0.2, -0.15) is 0 Å². The number of halogens is 2. The van der Waals surface area contributed by atoms with Gasteiger partial charge in [-0.3, -0.25) is 0 Å². The zero-order valence-corrected chi connectivity index (χ0v) is 12.4. The van der Waals surface area contributed by atoms with E-state index >= 15 is 0 Å². The fourth-order valence-electron chi connectivity index (χ4n) is 2.03. The topological polar surface area (TPSA) is 29.3 Å². The summed E-state index contributed by atoms with van der Waals surface area (Å²) >= 11 is 0. The number of hydrogen-bond acceptors (Lipinski definition) is 2. The Morgan fingerprint density at radius 1 is 1.26 bits per heavy atom. The molecule has 0 aromatic heterocycles. The van der Waals surface area contributed by atoms with Gasteiger partial charge >= 0.3 is 0 Å². The standard InChI is InChI=1S/C15H24F2N2/c1-10(15(2,3)4)19(5)9-14(18)12-8-11(16)6-7-13(12)17/h6-8,10,14H,9,18H2,1-5H3. The molecule has 2 atom stereocenters. The Labute approximate surface area is 114 Å². The average molecular weight is 270 g/mol. The number of rotatable bonds is 4. The Morgan fingerprint density at radius 3 is 2.37 bits per heavy atom. The van der Waals surface area contributed by atoms with Gasteiger partial charge in [-0.1, -0.05) is 20.8 Å². The summed E-state index contributed by atoms with van der Waals surface area (Å²) in [4.78, 5) is 2.08. The van der Waals surface area contributed by atoms with E-state index in [0.717, 1.165) is 12.1 Å². The highest BCUT2D eigenvalue weighted by molar-refractivity contribution is 5.22. The molecule has 0 bridgehead atoms. The fourth-order valence-corrected chi connectivity index (χ4v) is 2.03. The molecule has 19 heavy (non-hydrogen) atoms. The van der Waals surface area contributed by atoms with Crippen molar-refractivity contribution in [1.29, 1.82) is 0 Å². The van der Waals surface area contributed by atoms with E-state index in [4.69, 9.17) is 5.73 Å². The summed E-state index contributed by atoms with van der Waals surface area (Å²) < 4.78 is 26.8. The molecule has 1 rings (SSSR count). The molecule has 0 saturated heterocycles. The molecule has 4 heteroatoms. The predicted octanol–water partition coefficient (Wildman–Crippen LogP) is 3.33. The van der Waals surface area contributed by atoms with Crippen LogP contribution in [0.25, 0.3) is 0 Å². The number of hydrogen-bond donors (Lipinski definition) is 1. The zero-order chi connectivity index (χ0) is 14.8. The Bertz CT molecular complexity index is 427. The minimum absolute atomic E-state index is 0.106. The van der Waals surface area contributed by atoms with E-state index in [0.29, 0.717) is 6.54 Å². The largest absolute Gasteiger partial charge is 0.323 e. The van der Waals surface area contributed by atoms with E-state index in [2.05, 4.69) is 32.6 Å². The first kappa shape index (κ1) is 16.1. The van der Waals surface area contributed by atoms with Gasteiger partial charge in [0.2, 0.25) is 0 Å². The summed E-state index contributed by atoms with van der Waals surface area (Å²) in [5.41, 5.74) is 6.33. The van der Waals surface area contributed by atoms with Gasteiger partial charge in [-0.05, 0) is 37.6 Å². The summed E-state index contributed by atoms with van der Waals surface area (Å²) in [5.74, 6) is -0.913. The maximum absolute atomic E-state index is 13.6. The first-order valence-corrected chi connectivity index (χ1v) is 6.53. The zero-order valence-electron chi connectivity index (χ0n) is 12.4. The highest BCUT2D eigenvalue weighted by Gasteiger charge is 2.25. The third-order valence-electron chi connectivity index (χ3n) is 3.76. The van der Waals surface area contributed by atoms with E-state index in [1.54, 1.807) is 0 Å². The van der Waals surface area contributed by atoms with Crippen LogP contribution in [0.15, 0.2) is 18.2 Å². The molecule has 0 saturated carbocycles. The van der Waals surface area contributed by atoms with Crippen molar-refractivity contribution in [1.82, 2.24) is 4.90 Å². The minimum Gasteiger partial charge on any atom is -0.323 e. The smallest absolute Gasteiger partial charge is 0.128 e. The van der Waals surface area contributed by atoms with Gasteiger partial charge < -0.3 is 10.6 Å². The Hall–Kier alpha value is -1.00. The van der Waals surface area contributed by atoms with Crippen LogP contribution in [0.2, 0.25) is 0 Å². The van der Waals surface area contributed by atoms with Crippen molar-refractivity contribution >= 4 is 0 Å². The highest BCUT2D eigenvalue weighted by Crippen LogP contribution is 2.25. The van der Waals surface area contributed by atoms with Gasteiger partial charge in [-0.25, -0.2) is 8.78 Å². The Morgan fingerprint density at radius 2 is 1.84 bits per heavy atom. The van der Waals surface area contributed by atoms with Gasteiger partial charge in [0.05, 0.1) is 0 Å². The molecule has 2 unspecified atom stereocenters. The molecule has 0 fully saturated rings. The number of benzene rings is 1. The SMILES string of the molecule is CC(N(C)CC(N)c1cc(F)ccc1F)C(C)(C)C. The molecule has 0 aliphatic carbocycles. The second-order valence-electron chi connectivity index (χ2n) is 6.25. The molecule has 108 valence electrons. The Balaban J connectivity index is 2.79. The molecular weight excluding hydrogens is 246 g/mol. The number of nitrogens with zero attached hydrogens (tertiary/aromatic N) is 1. The van der Waals surface area contributed by atoms with Crippen LogP contribution in [0, 0.1) is 17.0 Å². The van der Waals surface area contributed by atoms with E-state index in [1.807, 2.05) is 7.05 Å². The van der Waals surface area contributed by atoms with Crippen molar-refractivity contribution in [3.63, 3.8) is 0 Å². The lowest BCUT2D eigenvalue weighted by atomic mass is 9.87. The molecule has 0 aliphatic rings. The molecular formula is C15H24F2N2. The summed E-state index contributed by atoms with van der Waals surface area (Å²) in [7, 11) is 1.95. The Kier molecular flexibility index (Phi) is 5.04. The molecule has 0 radical (unpaired) electrons. The van der Waals surface area contributed by atoms with Gasteiger partial charge in [0, 0.05) is 24.2 Å². The van der Waals surface area contributed by atoms with Crippen molar-refractivity contribution in [2.75, 3.05) is 13.6 Å². The maximum Gasteiger partial charge on any atom is 0.128 e. The molecule has 1 aromatic rings. The molecule has 2 nitrogen and oxygen atoms in total. The van der Waals surface area contributed by atoms with Crippen LogP contribution in [-0.4, -0.2) is 24.5 Å². The van der Waals surface area contributed by atoms with Crippen LogP contribution in [0.3, 0.4) is 0 Å².